The molecule has 126 valence electrons. The third-order valence-corrected chi connectivity index (χ3v) is 5.02. The fourth-order valence-electron chi connectivity index (χ4n) is 3.93. The van der Waals surface area contributed by atoms with Crippen molar-refractivity contribution in [2.45, 2.75) is 38.6 Å². The summed E-state index contributed by atoms with van der Waals surface area (Å²) in [6, 6.07) is 6.02. The summed E-state index contributed by atoms with van der Waals surface area (Å²) in [5.74, 6) is 0.647. The van der Waals surface area contributed by atoms with Crippen LogP contribution in [0.2, 0.25) is 0 Å². The van der Waals surface area contributed by atoms with Crippen LogP contribution in [0.15, 0.2) is 18.2 Å². The van der Waals surface area contributed by atoms with Gasteiger partial charge in [-0.15, -0.1) is 24.8 Å². The molecule has 1 aliphatic carbocycles. The maximum absolute atomic E-state index is 14.0. The van der Waals surface area contributed by atoms with Crippen LogP contribution in [0.4, 0.5) is 4.39 Å². The molecule has 1 heterocycles. The first-order valence-corrected chi connectivity index (χ1v) is 7.97. The molecule has 22 heavy (non-hydrogen) atoms. The minimum Gasteiger partial charge on any atom is -0.314 e. The summed E-state index contributed by atoms with van der Waals surface area (Å²) in [5.41, 5.74) is 2.07. The lowest BCUT2D eigenvalue weighted by atomic mass is 9.87. The zero-order valence-electron chi connectivity index (χ0n) is 13.2. The van der Waals surface area contributed by atoms with Gasteiger partial charge in [0, 0.05) is 32.2 Å². The fourth-order valence-corrected chi connectivity index (χ4v) is 3.93. The summed E-state index contributed by atoms with van der Waals surface area (Å²) < 4.78 is 14.0. The van der Waals surface area contributed by atoms with Crippen molar-refractivity contribution in [2.24, 2.45) is 5.92 Å². The topological polar surface area (TPSA) is 15.3 Å². The van der Waals surface area contributed by atoms with Crippen molar-refractivity contribution < 1.29 is 4.39 Å². The number of hydrogen-bond acceptors (Lipinski definition) is 2. The van der Waals surface area contributed by atoms with Crippen LogP contribution in [-0.2, 0) is 0 Å². The molecule has 0 amide bonds. The maximum Gasteiger partial charge on any atom is 0.126 e. The van der Waals surface area contributed by atoms with Crippen LogP contribution >= 0.6 is 24.8 Å². The van der Waals surface area contributed by atoms with Crippen molar-refractivity contribution in [1.29, 1.82) is 0 Å². The lowest BCUT2D eigenvalue weighted by Gasteiger charge is -2.39. The molecule has 2 nitrogen and oxygen atoms in total. The van der Waals surface area contributed by atoms with Gasteiger partial charge in [-0.25, -0.2) is 4.39 Å². The lowest BCUT2D eigenvalue weighted by Crippen LogP contribution is -2.46. The molecule has 0 bridgehead atoms. The van der Waals surface area contributed by atoms with E-state index in [1.807, 2.05) is 13.0 Å². The Kier molecular flexibility index (Phi) is 8.12. The second-order valence-electron chi connectivity index (χ2n) is 6.23. The number of halogens is 3. The summed E-state index contributed by atoms with van der Waals surface area (Å²) >= 11 is 0. The summed E-state index contributed by atoms with van der Waals surface area (Å²) in [6.45, 7) is 6.21. The van der Waals surface area contributed by atoms with Crippen LogP contribution < -0.4 is 5.32 Å². The second-order valence-corrected chi connectivity index (χ2v) is 6.23. The van der Waals surface area contributed by atoms with E-state index < -0.39 is 0 Å². The van der Waals surface area contributed by atoms with E-state index in [4.69, 9.17) is 0 Å². The van der Waals surface area contributed by atoms with Gasteiger partial charge >= 0.3 is 0 Å². The Hall–Kier alpha value is -0.350. The molecule has 0 unspecified atom stereocenters. The number of piperazine rings is 1. The third kappa shape index (κ3) is 4.14. The van der Waals surface area contributed by atoms with E-state index in [0.717, 1.165) is 31.7 Å². The smallest absolute Gasteiger partial charge is 0.126 e. The molecule has 1 saturated carbocycles. The van der Waals surface area contributed by atoms with E-state index >= 15 is 0 Å². The van der Waals surface area contributed by atoms with Gasteiger partial charge < -0.3 is 5.32 Å². The van der Waals surface area contributed by atoms with Gasteiger partial charge in [0.2, 0.25) is 0 Å². The highest BCUT2D eigenvalue weighted by atomic mass is 35.5. The van der Waals surface area contributed by atoms with Gasteiger partial charge in [-0.1, -0.05) is 25.0 Å². The molecule has 2 fully saturated rings. The fraction of sp³-hybridized carbons (Fsp3) is 0.647. The first kappa shape index (κ1) is 19.7. The molecule has 1 N–H and O–H groups in total. The Morgan fingerprint density at radius 2 is 1.77 bits per heavy atom. The zero-order valence-corrected chi connectivity index (χ0v) is 14.8. The van der Waals surface area contributed by atoms with Crippen molar-refractivity contribution in [3.63, 3.8) is 0 Å². The SMILES string of the molecule is Cc1c(F)cccc1[C@H](C1CCCC1)N1CCNCC1.Cl.Cl. The number of rotatable bonds is 3. The Balaban J connectivity index is 0.00000121. The maximum atomic E-state index is 14.0. The molecule has 0 spiro atoms. The van der Waals surface area contributed by atoms with Crippen LogP contribution in [-0.4, -0.2) is 31.1 Å². The average molecular weight is 349 g/mol. The first-order chi connectivity index (χ1) is 9.77. The number of nitrogens with one attached hydrogen (secondary N) is 1. The Morgan fingerprint density at radius 1 is 1.14 bits per heavy atom. The van der Waals surface area contributed by atoms with Crippen molar-refractivity contribution >= 4 is 24.8 Å². The van der Waals surface area contributed by atoms with E-state index in [-0.39, 0.29) is 30.6 Å². The van der Waals surface area contributed by atoms with Crippen LogP contribution in [0.5, 0.6) is 0 Å². The minimum atomic E-state index is -0.0550. The standard InChI is InChI=1S/C17H25FN2.2ClH/c1-13-15(7-4-8-16(13)18)17(14-5-2-3-6-14)20-11-9-19-10-12-20;;/h4,7-8,14,17,19H,2-3,5-6,9-12H2,1H3;2*1H/t17-;;/m0../s1. The molecule has 5 heteroatoms. The molecular weight excluding hydrogens is 322 g/mol. The quantitative estimate of drug-likeness (QED) is 0.883. The van der Waals surface area contributed by atoms with Crippen LogP contribution in [0.3, 0.4) is 0 Å². The van der Waals surface area contributed by atoms with E-state index in [1.54, 1.807) is 6.07 Å². The normalized spacial score (nSPS) is 21.0. The Bertz CT molecular complexity index is 458. The van der Waals surface area contributed by atoms with Crippen LogP contribution in [0.25, 0.3) is 0 Å². The number of nitrogens with zero attached hydrogens (tertiary/aromatic N) is 1. The minimum absolute atomic E-state index is 0. The van der Waals surface area contributed by atoms with Gasteiger partial charge in [-0.05, 0) is 42.9 Å². The molecule has 1 atom stereocenters. The summed E-state index contributed by atoms with van der Waals surface area (Å²) in [6.07, 6.45) is 5.26. The van der Waals surface area contributed by atoms with Gasteiger partial charge in [0.1, 0.15) is 5.82 Å². The van der Waals surface area contributed by atoms with Gasteiger partial charge in [0.25, 0.3) is 0 Å². The highest BCUT2D eigenvalue weighted by Gasteiger charge is 2.32. The molecule has 0 radical (unpaired) electrons. The molecule has 0 aromatic heterocycles. The average Bonchev–Trinajstić information content (AvgIpc) is 2.99. The third-order valence-electron chi connectivity index (χ3n) is 5.02. The predicted molar refractivity (Wildman–Crippen MR) is 94.8 cm³/mol. The zero-order chi connectivity index (χ0) is 13.9. The largest absolute Gasteiger partial charge is 0.314 e. The van der Waals surface area contributed by atoms with Gasteiger partial charge in [0.05, 0.1) is 0 Å². The second kappa shape index (κ2) is 9.07. The van der Waals surface area contributed by atoms with Crippen molar-refractivity contribution in [3.05, 3.63) is 35.1 Å². The van der Waals surface area contributed by atoms with Gasteiger partial charge in [0.15, 0.2) is 0 Å². The Labute approximate surface area is 145 Å². The van der Waals surface area contributed by atoms with E-state index in [9.17, 15) is 4.39 Å². The molecule has 1 saturated heterocycles. The molecule has 1 aromatic rings. The summed E-state index contributed by atoms with van der Waals surface area (Å²) in [7, 11) is 0. The van der Waals surface area contributed by atoms with E-state index in [2.05, 4.69) is 16.3 Å². The highest BCUT2D eigenvalue weighted by molar-refractivity contribution is 5.85. The van der Waals surface area contributed by atoms with Gasteiger partial charge in [-0.2, -0.15) is 0 Å². The molecule has 1 aromatic carbocycles. The summed E-state index contributed by atoms with van der Waals surface area (Å²) in [5, 5.41) is 3.42. The first-order valence-electron chi connectivity index (χ1n) is 7.97. The number of hydrogen-bond donors (Lipinski definition) is 1. The summed E-state index contributed by atoms with van der Waals surface area (Å²) in [4.78, 5) is 2.58. The monoisotopic (exact) mass is 348 g/mol. The van der Waals surface area contributed by atoms with Gasteiger partial charge in [-0.3, -0.25) is 4.90 Å². The highest BCUT2D eigenvalue weighted by Crippen LogP contribution is 2.40. The molecule has 2 aliphatic rings. The van der Waals surface area contributed by atoms with E-state index in [0.29, 0.717) is 12.0 Å². The Morgan fingerprint density at radius 3 is 2.41 bits per heavy atom. The lowest BCUT2D eigenvalue weighted by molar-refractivity contribution is 0.125. The van der Waals surface area contributed by atoms with Crippen LogP contribution in [0, 0.1) is 18.7 Å². The molecule has 1 aliphatic heterocycles. The van der Waals surface area contributed by atoms with Crippen molar-refractivity contribution in [2.75, 3.05) is 26.2 Å². The van der Waals surface area contributed by atoms with Crippen molar-refractivity contribution in [1.82, 2.24) is 10.2 Å². The van der Waals surface area contributed by atoms with Crippen LogP contribution in [0.1, 0.15) is 42.9 Å². The predicted octanol–water partition coefficient (Wildman–Crippen LogP) is 4.11. The van der Waals surface area contributed by atoms with Crippen molar-refractivity contribution in [3.8, 4) is 0 Å². The molecule has 3 rings (SSSR count). The molecular formula is C17H27Cl2FN2. The number of benzene rings is 1. The van der Waals surface area contributed by atoms with E-state index in [1.165, 1.54) is 31.2 Å².